The zero-order valence-electron chi connectivity index (χ0n) is 17.0. The number of para-hydroxylation sites is 1. The molecule has 1 N–H and O–H groups in total. The average molecular weight is 437 g/mol. The number of halogens is 4. The molecule has 0 bridgehead atoms. The highest BCUT2D eigenvalue weighted by molar-refractivity contribution is 5.95. The lowest BCUT2D eigenvalue weighted by Crippen LogP contribution is -2.54. The Kier molecular flexibility index (Phi) is 6.94. The predicted octanol–water partition coefficient (Wildman–Crippen LogP) is 3.56. The van der Waals surface area contributed by atoms with Crippen molar-refractivity contribution in [3.8, 4) is 0 Å². The summed E-state index contributed by atoms with van der Waals surface area (Å²) in [6.07, 6.45) is -4.41. The Labute approximate surface area is 177 Å². The highest BCUT2D eigenvalue weighted by atomic mass is 19.4. The molecule has 2 amide bonds. The number of amides is 2. The SMILES string of the molecule is CC(C(=O)Nc1ccccc1C(F)(F)F)N1CCN(C(=O)Cc2ccc(F)cc2)CC1. The smallest absolute Gasteiger partial charge is 0.340 e. The van der Waals surface area contributed by atoms with E-state index in [4.69, 9.17) is 0 Å². The van der Waals surface area contributed by atoms with Crippen LogP contribution in [0.3, 0.4) is 0 Å². The summed E-state index contributed by atoms with van der Waals surface area (Å²) in [6.45, 7) is 3.27. The van der Waals surface area contributed by atoms with E-state index in [1.54, 1.807) is 24.0 Å². The van der Waals surface area contributed by atoms with Crippen molar-refractivity contribution >= 4 is 17.5 Å². The number of anilines is 1. The third-order valence-corrected chi connectivity index (χ3v) is 5.35. The molecule has 3 rings (SSSR count). The van der Waals surface area contributed by atoms with Crippen molar-refractivity contribution in [3.05, 3.63) is 65.5 Å². The van der Waals surface area contributed by atoms with Crippen LogP contribution in [0, 0.1) is 5.82 Å². The van der Waals surface area contributed by atoms with Gasteiger partial charge in [0.1, 0.15) is 5.82 Å². The number of carbonyl (C=O) groups is 2. The molecule has 0 radical (unpaired) electrons. The highest BCUT2D eigenvalue weighted by Crippen LogP contribution is 2.34. The third kappa shape index (κ3) is 5.81. The van der Waals surface area contributed by atoms with Gasteiger partial charge in [-0.2, -0.15) is 13.2 Å². The molecule has 0 aliphatic carbocycles. The Morgan fingerprint density at radius 2 is 1.61 bits per heavy atom. The van der Waals surface area contributed by atoms with Crippen LogP contribution in [0.25, 0.3) is 0 Å². The summed E-state index contributed by atoms with van der Waals surface area (Å²) in [7, 11) is 0. The van der Waals surface area contributed by atoms with Gasteiger partial charge in [0.15, 0.2) is 0 Å². The fraction of sp³-hybridized carbons (Fsp3) is 0.364. The first kappa shape index (κ1) is 22.7. The minimum absolute atomic E-state index is 0.0949. The molecule has 1 atom stereocenters. The Balaban J connectivity index is 1.54. The van der Waals surface area contributed by atoms with Gasteiger partial charge in [0, 0.05) is 26.2 Å². The molecule has 1 heterocycles. The quantitative estimate of drug-likeness (QED) is 0.728. The lowest BCUT2D eigenvalue weighted by molar-refractivity contribution is -0.137. The van der Waals surface area contributed by atoms with Crippen molar-refractivity contribution in [2.24, 2.45) is 0 Å². The monoisotopic (exact) mass is 437 g/mol. The van der Waals surface area contributed by atoms with Gasteiger partial charge in [0.2, 0.25) is 11.8 Å². The van der Waals surface area contributed by atoms with Gasteiger partial charge in [-0.25, -0.2) is 4.39 Å². The fourth-order valence-electron chi connectivity index (χ4n) is 3.49. The minimum Gasteiger partial charge on any atom is -0.340 e. The summed E-state index contributed by atoms with van der Waals surface area (Å²) in [5.74, 6) is -1.000. The summed E-state index contributed by atoms with van der Waals surface area (Å²) in [5.41, 5.74) is -0.461. The molecule has 0 aromatic heterocycles. The molecule has 5 nitrogen and oxygen atoms in total. The van der Waals surface area contributed by atoms with E-state index in [1.807, 2.05) is 4.90 Å². The molecule has 1 saturated heterocycles. The Hall–Kier alpha value is -2.94. The van der Waals surface area contributed by atoms with Crippen LogP contribution in [0.2, 0.25) is 0 Å². The Bertz CT molecular complexity index is 923. The third-order valence-electron chi connectivity index (χ3n) is 5.35. The van der Waals surface area contributed by atoms with Crippen molar-refractivity contribution in [3.63, 3.8) is 0 Å². The zero-order chi connectivity index (χ0) is 22.6. The van der Waals surface area contributed by atoms with Crippen LogP contribution in [0.5, 0.6) is 0 Å². The molecule has 0 saturated carbocycles. The first-order valence-corrected chi connectivity index (χ1v) is 9.88. The first-order chi connectivity index (χ1) is 14.6. The van der Waals surface area contributed by atoms with Crippen molar-refractivity contribution in [2.75, 3.05) is 31.5 Å². The van der Waals surface area contributed by atoms with Crippen molar-refractivity contribution in [2.45, 2.75) is 25.6 Å². The molecule has 166 valence electrons. The van der Waals surface area contributed by atoms with Gasteiger partial charge >= 0.3 is 6.18 Å². The van der Waals surface area contributed by atoms with Gasteiger partial charge in [0.05, 0.1) is 23.7 Å². The van der Waals surface area contributed by atoms with E-state index in [1.165, 1.54) is 30.3 Å². The Morgan fingerprint density at radius 1 is 1.00 bits per heavy atom. The zero-order valence-corrected chi connectivity index (χ0v) is 17.0. The summed E-state index contributed by atoms with van der Waals surface area (Å²) in [4.78, 5) is 28.5. The molecule has 1 aliphatic rings. The van der Waals surface area contributed by atoms with Gasteiger partial charge in [-0.1, -0.05) is 24.3 Å². The second-order valence-electron chi connectivity index (χ2n) is 7.43. The fourth-order valence-corrected chi connectivity index (χ4v) is 3.49. The number of benzene rings is 2. The maximum absolute atomic E-state index is 13.1. The average Bonchev–Trinajstić information content (AvgIpc) is 2.74. The van der Waals surface area contributed by atoms with Crippen molar-refractivity contribution in [1.29, 1.82) is 0 Å². The van der Waals surface area contributed by atoms with Crippen LogP contribution in [0.1, 0.15) is 18.1 Å². The van der Waals surface area contributed by atoms with E-state index in [9.17, 15) is 27.2 Å². The van der Waals surface area contributed by atoms with Gasteiger partial charge in [-0.15, -0.1) is 0 Å². The lowest BCUT2D eigenvalue weighted by Gasteiger charge is -2.37. The van der Waals surface area contributed by atoms with Crippen LogP contribution in [-0.4, -0.2) is 53.8 Å². The van der Waals surface area contributed by atoms with E-state index in [-0.39, 0.29) is 23.8 Å². The molecule has 2 aromatic carbocycles. The number of hydrogen-bond donors (Lipinski definition) is 1. The maximum atomic E-state index is 13.1. The molecular weight excluding hydrogens is 414 g/mol. The molecule has 1 fully saturated rings. The van der Waals surface area contributed by atoms with Crippen molar-refractivity contribution in [1.82, 2.24) is 9.80 Å². The molecule has 1 aliphatic heterocycles. The van der Waals surface area contributed by atoms with E-state index >= 15 is 0 Å². The van der Waals surface area contributed by atoms with E-state index in [0.29, 0.717) is 31.7 Å². The lowest BCUT2D eigenvalue weighted by atomic mass is 10.1. The van der Waals surface area contributed by atoms with Gasteiger partial charge in [-0.05, 0) is 36.8 Å². The molecule has 1 unspecified atom stereocenters. The second kappa shape index (κ2) is 9.47. The van der Waals surface area contributed by atoms with Gasteiger partial charge < -0.3 is 10.2 Å². The van der Waals surface area contributed by atoms with Gasteiger partial charge in [0.25, 0.3) is 0 Å². The standard InChI is InChI=1S/C22H23F4N3O2/c1-15(21(31)27-19-5-3-2-4-18(19)22(24,25)26)28-10-12-29(13-11-28)20(30)14-16-6-8-17(23)9-7-16/h2-9,15H,10-14H2,1H3,(H,27,31). The van der Waals surface area contributed by atoms with Crippen molar-refractivity contribution < 1.29 is 27.2 Å². The number of piperazine rings is 1. The van der Waals surface area contributed by atoms with Crippen LogP contribution in [0.15, 0.2) is 48.5 Å². The summed E-state index contributed by atoms with van der Waals surface area (Å²) in [5, 5.41) is 2.37. The second-order valence-corrected chi connectivity index (χ2v) is 7.43. The predicted molar refractivity (Wildman–Crippen MR) is 108 cm³/mol. The summed E-state index contributed by atoms with van der Waals surface area (Å²) < 4.78 is 52.4. The number of carbonyl (C=O) groups excluding carboxylic acids is 2. The van der Waals surface area contributed by atoms with E-state index in [0.717, 1.165) is 6.07 Å². The largest absolute Gasteiger partial charge is 0.418 e. The number of alkyl halides is 3. The van der Waals surface area contributed by atoms with Crippen LogP contribution < -0.4 is 5.32 Å². The number of nitrogens with one attached hydrogen (secondary N) is 1. The topological polar surface area (TPSA) is 52.7 Å². The molecule has 2 aromatic rings. The molecule has 0 spiro atoms. The maximum Gasteiger partial charge on any atom is 0.418 e. The highest BCUT2D eigenvalue weighted by Gasteiger charge is 2.34. The molecule has 31 heavy (non-hydrogen) atoms. The Morgan fingerprint density at radius 3 is 2.23 bits per heavy atom. The molecular formula is C22H23F4N3O2. The van der Waals surface area contributed by atoms with Crippen LogP contribution in [0.4, 0.5) is 23.2 Å². The summed E-state index contributed by atoms with van der Waals surface area (Å²) >= 11 is 0. The van der Waals surface area contributed by atoms with Gasteiger partial charge in [-0.3, -0.25) is 14.5 Å². The first-order valence-electron chi connectivity index (χ1n) is 9.88. The summed E-state index contributed by atoms with van der Waals surface area (Å²) in [6, 6.07) is 9.92. The van der Waals surface area contributed by atoms with Crippen LogP contribution in [-0.2, 0) is 22.2 Å². The van der Waals surface area contributed by atoms with E-state index < -0.39 is 23.7 Å². The number of nitrogens with zero attached hydrogens (tertiary/aromatic N) is 2. The minimum atomic E-state index is -4.57. The van der Waals surface area contributed by atoms with E-state index in [2.05, 4.69) is 5.32 Å². The normalized spacial score (nSPS) is 16.1. The molecule has 9 heteroatoms. The number of hydrogen-bond acceptors (Lipinski definition) is 3. The number of rotatable bonds is 5. The van der Waals surface area contributed by atoms with Crippen LogP contribution >= 0.6 is 0 Å².